The fourth-order valence-corrected chi connectivity index (χ4v) is 2.46. The molecule has 0 radical (unpaired) electrons. The standard InChI is InChI=1S/C14H15N3O/c1-10-8-11-4-2-3-5-13(11)17(10)14-15-7-6-12(9-18)16-14/h2-7,10,18H,8-9H2,1H3. The van der Waals surface area contributed by atoms with Crippen LogP contribution in [0.5, 0.6) is 0 Å². The van der Waals surface area contributed by atoms with E-state index in [1.54, 1.807) is 12.3 Å². The Morgan fingerprint density at radius 3 is 3.00 bits per heavy atom. The first kappa shape index (κ1) is 11.2. The number of fused-ring (bicyclic) bond motifs is 1. The van der Waals surface area contributed by atoms with Gasteiger partial charge in [-0.2, -0.15) is 0 Å². The highest BCUT2D eigenvalue weighted by atomic mass is 16.3. The first-order valence-corrected chi connectivity index (χ1v) is 6.09. The number of rotatable bonds is 2. The number of anilines is 2. The number of hydrogen-bond donors (Lipinski definition) is 1. The summed E-state index contributed by atoms with van der Waals surface area (Å²) in [4.78, 5) is 10.8. The molecular formula is C14H15N3O. The van der Waals surface area contributed by atoms with Crippen molar-refractivity contribution >= 4 is 11.6 Å². The fraction of sp³-hybridized carbons (Fsp3) is 0.286. The van der Waals surface area contributed by atoms with Gasteiger partial charge in [-0.1, -0.05) is 18.2 Å². The SMILES string of the molecule is CC1Cc2ccccc2N1c1nccc(CO)n1. The lowest BCUT2D eigenvalue weighted by Gasteiger charge is -2.22. The van der Waals surface area contributed by atoms with Crippen molar-refractivity contribution < 1.29 is 5.11 Å². The van der Waals surface area contributed by atoms with Crippen LogP contribution in [-0.4, -0.2) is 21.1 Å². The normalized spacial score (nSPS) is 17.9. The highest BCUT2D eigenvalue weighted by Gasteiger charge is 2.28. The van der Waals surface area contributed by atoms with Gasteiger partial charge < -0.3 is 10.0 Å². The molecular weight excluding hydrogens is 226 g/mol. The lowest BCUT2D eigenvalue weighted by atomic mass is 10.1. The highest BCUT2D eigenvalue weighted by Crippen LogP contribution is 2.36. The summed E-state index contributed by atoms with van der Waals surface area (Å²) in [5.41, 5.74) is 3.14. The maximum absolute atomic E-state index is 9.16. The summed E-state index contributed by atoms with van der Waals surface area (Å²) in [5, 5.41) is 9.16. The first-order valence-electron chi connectivity index (χ1n) is 6.09. The van der Waals surface area contributed by atoms with Crippen LogP contribution in [0.3, 0.4) is 0 Å². The lowest BCUT2D eigenvalue weighted by molar-refractivity contribution is 0.276. The zero-order valence-electron chi connectivity index (χ0n) is 10.2. The van der Waals surface area contributed by atoms with Crippen molar-refractivity contribution in [2.45, 2.75) is 26.0 Å². The van der Waals surface area contributed by atoms with Crippen molar-refractivity contribution in [3.63, 3.8) is 0 Å². The molecule has 18 heavy (non-hydrogen) atoms. The van der Waals surface area contributed by atoms with Gasteiger partial charge in [0.1, 0.15) is 0 Å². The number of benzene rings is 1. The summed E-state index contributed by atoms with van der Waals surface area (Å²) in [7, 11) is 0. The summed E-state index contributed by atoms with van der Waals surface area (Å²) < 4.78 is 0. The second-order valence-electron chi connectivity index (χ2n) is 4.56. The molecule has 0 fully saturated rings. The maximum Gasteiger partial charge on any atom is 0.230 e. The molecule has 0 saturated carbocycles. The summed E-state index contributed by atoms with van der Waals surface area (Å²) in [6.07, 6.45) is 2.70. The molecule has 92 valence electrons. The van der Waals surface area contributed by atoms with E-state index in [1.165, 1.54) is 11.3 Å². The van der Waals surface area contributed by atoms with Gasteiger partial charge in [-0.05, 0) is 31.0 Å². The molecule has 4 nitrogen and oxygen atoms in total. The van der Waals surface area contributed by atoms with E-state index in [0.717, 1.165) is 6.42 Å². The van der Waals surface area contributed by atoms with E-state index in [9.17, 15) is 0 Å². The van der Waals surface area contributed by atoms with E-state index in [1.807, 2.05) is 6.07 Å². The first-order chi connectivity index (χ1) is 8.79. The zero-order chi connectivity index (χ0) is 12.5. The highest BCUT2D eigenvalue weighted by molar-refractivity contribution is 5.66. The van der Waals surface area contributed by atoms with Crippen LogP contribution in [0.4, 0.5) is 11.6 Å². The molecule has 2 heterocycles. The summed E-state index contributed by atoms with van der Waals surface area (Å²) in [6.45, 7) is 2.11. The van der Waals surface area contributed by atoms with Crippen LogP contribution in [0.25, 0.3) is 0 Å². The number of aliphatic hydroxyl groups excluding tert-OH is 1. The number of nitrogens with zero attached hydrogens (tertiary/aromatic N) is 3. The van der Waals surface area contributed by atoms with E-state index in [2.05, 4.69) is 40.0 Å². The Kier molecular flexibility index (Phi) is 2.72. The Hall–Kier alpha value is -1.94. The van der Waals surface area contributed by atoms with Gasteiger partial charge in [0, 0.05) is 17.9 Å². The molecule has 1 aromatic carbocycles. The molecule has 4 heteroatoms. The smallest absolute Gasteiger partial charge is 0.230 e. The van der Waals surface area contributed by atoms with E-state index in [-0.39, 0.29) is 6.61 Å². The minimum absolute atomic E-state index is 0.0562. The van der Waals surface area contributed by atoms with Gasteiger partial charge in [0.05, 0.1) is 12.3 Å². The molecule has 0 aliphatic carbocycles. The van der Waals surface area contributed by atoms with Crippen LogP contribution in [0, 0.1) is 0 Å². The fourth-order valence-electron chi connectivity index (χ4n) is 2.46. The minimum Gasteiger partial charge on any atom is -0.390 e. The molecule has 1 N–H and O–H groups in total. The molecule has 1 aliphatic heterocycles. The minimum atomic E-state index is -0.0562. The van der Waals surface area contributed by atoms with Crippen LogP contribution in [0.1, 0.15) is 18.2 Å². The lowest BCUT2D eigenvalue weighted by Crippen LogP contribution is -2.26. The maximum atomic E-state index is 9.16. The summed E-state index contributed by atoms with van der Waals surface area (Å²) in [5.74, 6) is 0.666. The largest absolute Gasteiger partial charge is 0.390 e. The Morgan fingerprint density at radius 2 is 2.17 bits per heavy atom. The molecule has 0 saturated heterocycles. The average molecular weight is 241 g/mol. The van der Waals surface area contributed by atoms with Crippen LogP contribution in [0.15, 0.2) is 36.5 Å². The van der Waals surface area contributed by atoms with Crippen LogP contribution >= 0.6 is 0 Å². The molecule has 1 aliphatic rings. The molecule has 0 spiro atoms. The predicted octanol–water partition coefficient (Wildman–Crippen LogP) is 2.05. The third kappa shape index (κ3) is 1.75. The third-order valence-electron chi connectivity index (χ3n) is 3.29. The van der Waals surface area contributed by atoms with E-state index in [0.29, 0.717) is 17.7 Å². The van der Waals surface area contributed by atoms with Gasteiger partial charge in [-0.3, -0.25) is 0 Å². The van der Waals surface area contributed by atoms with Gasteiger partial charge in [0.15, 0.2) is 0 Å². The van der Waals surface area contributed by atoms with Crippen molar-refractivity contribution in [1.82, 2.24) is 9.97 Å². The third-order valence-corrected chi connectivity index (χ3v) is 3.29. The average Bonchev–Trinajstić information content (AvgIpc) is 2.74. The second-order valence-corrected chi connectivity index (χ2v) is 4.56. The van der Waals surface area contributed by atoms with E-state index >= 15 is 0 Å². The van der Waals surface area contributed by atoms with E-state index in [4.69, 9.17) is 5.11 Å². The molecule has 1 aromatic heterocycles. The van der Waals surface area contributed by atoms with Gasteiger partial charge in [0.2, 0.25) is 5.95 Å². The summed E-state index contributed by atoms with van der Waals surface area (Å²) in [6, 6.07) is 10.4. The topological polar surface area (TPSA) is 49.2 Å². The predicted molar refractivity (Wildman–Crippen MR) is 69.7 cm³/mol. The Labute approximate surface area is 106 Å². The molecule has 3 rings (SSSR count). The number of aromatic nitrogens is 2. The van der Waals surface area contributed by atoms with Gasteiger partial charge in [-0.15, -0.1) is 0 Å². The van der Waals surface area contributed by atoms with Crippen molar-refractivity contribution in [2.24, 2.45) is 0 Å². The monoisotopic (exact) mass is 241 g/mol. The van der Waals surface area contributed by atoms with Crippen molar-refractivity contribution in [1.29, 1.82) is 0 Å². The number of para-hydroxylation sites is 1. The Balaban J connectivity index is 2.06. The van der Waals surface area contributed by atoms with Gasteiger partial charge in [0.25, 0.3) is 0 Å². The summed E-state index contributed by atoms with van der Waals surface area (Å²) >= 11 is 0. The molecule has 0 bridgehead atoms. The van der Waals surface area contributed by atoms with Gasteiger partial charge in [-0.25, -0.2) is 9.97 Å². The molecule has 1 atom stereocenters. The van der Waals surface area contributed by atoms with Crippen LogP contribution in [-0.2, 0) is 13.0 Å². The Morgan fingerprint density at radius 1 is 1.33 bits per heavy atom. The molecule has 2 aromatic rings. The quantitative estimate of drug-likeness (QED) is 0.874. The second kappa shape index (κ2) is 4.38. The van der Waals surface area contributed by atoms with Gasteiger partial charge >= 0.3 is 0 Å². The number of aliphatic hydroxyl groups is 1. The molecule has 0 amide bonds. The number of hydrogen-bond acceptors (Lipinski definition) is 4. The van der Waals surface area contributed by atoms with Crippen LogP contribution in [0.2, 0.25) is 0 Å². The molecule has 1 unspecified atom stereocenters. The van der Waals surface area contributed by atoms with Crippen molar-refractivity contribution in [2.75, 3.05) is 4.90 Å². The van der Waals surface area contributed by atoms with Crippen molar-refractivity contribution in [3.8, 4) is 0 Å². The van der Waals surface area contributed by atoms with Crippen LogP contribution < -0.4 is 4.90 Å². The van der Waals surface area contributed by atoms with E-state index < -0.39 is 0 Å². The van der Waals surface area contributed by atoms with Crippen molar-refractivity contribution in [3.05, 3.63) is 47.8 Å². The Bertz CT molecular complexity index is 570. The zero-order valence-corrected chi connectivity index (χ0v) is 10.2.